The molecule has 26 heavy (non-hydrogen) atoms. The van der Waals surface area contributed by atoms with Crippen LogP contribution in [-0.2, 0) is 4.79 Å². The van der Waals surface area contributed by atoms with Gasteiger partial charge in [-0.3, -0.25) is 4.79 Å². The van der Waals surface area contributed by atoms with Crippen LogP contribution in [0.15, 0.2) is 0 Å². The first-order valence-electron chi connectivity index (χ1n) is 5.85. The van der Waals surface area contributed by atoms with E-state index in [4.69, 9.17) is 0 Å². The molecule has 0 saturated heterocycles. The van der Waals surface area contributed by atoms with Crippen LogP contribution < -0.4 is 0 Å². The number of hydrogen-bond donors (Lipinski definition) is 0. The van der Waals surface area contributed by atoms with Crippen LogP contribution >= 0.6 is 46.4 Å². The largest absolute Gasteiger partial charge is 0.375 e. The van der Waals surface area contributed by atoms with Gasteiger partial charge >= 0.3 is 38.5 Å². The van der Waals surface area contributed by atoms with Gasteiger partial charge in [-0.2, -0.15) is 35.1 Å². The van der Waals surface area contributed by atoms with Gasteiger partial charge in [-0.15, -0.1) is 0 Å². The zero-order valence-corrected chi connectivity index (χ0v) is 14.8. The average Bonchev–Trinajstić information content (AvgIpc) is 2.43. The molecule has 0 aromatic rings. The molecule has 3 unspecified atom stereocenters. The van der Waals surface area contributed by atoms with E-state index in [0.717, 1.165) is 0 Å². The lowest BCUT2D eigenvalue weighted by atomic mass is 9.92. The fourth-order valence-electron chi connectivity index (χ4n) is 1.36. The summed E-state index contributed by atoms with van der Waals surface area (Å²) in [5, 5.41) is -25.4. The number of halogens is 15. The Kier molecular flexibility index (Phi) is 6.85. The van der Waals surface area contributed by atoms with Gasteiger partial charge in [0.15, 0.2) is 0 Å². The second-order valence-electron chi connectivity index (χ2n) is 4.72. The molecule has 0 bridgehead atoms. The number of ketones is 1. The van der Waals surface area contributed by atoms with Gasteiger partial charge in [-0.25, -0.2) is 13.2 Å². The molecule has 0 radical (unpaired) electrons. The Morgan fingerprint density at radius 1 is 0.654 bits per heavy atom. The van der Waals surface area contributed by atoms with Gasteiger partial charge in [0.25, 0.3) is 0 Å². The van der Waals surface area contributed by atoms with Crippen molar-refractivity contribution in [2.45, 2.75) is 51.9 Å². The maximum absolute atomic E-state index is 13.8. The lowest BCUT2D eigenvalue weighted by molar-refractivity contribution is -0.303. The lowest BCUT2D eigenvalue weighted by Gasteiger charge is -2.44. The summed E-state index contributed by atoms with van der Waals surface area (Å²) >= 11 is 15.9. The molecular weight excluding hydrogens is 487 g/mol. The molecule has 3 atom stereocenters. The first kappa shape index (κ1) is 26.1. The number of hydrogen-bond acceptors (Lipinski definition) is 1. The zero-order chi connectivity index (χ0) is 21.8. The number of Topliss-reactive ketones (excluding diaryl/α,β-unsaturated/α-hetero) is 1. The third-order valence-electron chi connectivity index (χ3n) is 3.00. The van der Waals surface area contributed by atoms with Crippen LogP contribution in [0.1, 0.15) is 13.3 Å². The third kappa shape index (κ3) is 3.32. The molecule has 16 heteroatoms. The van der Waals surface area contributed by atoms with Crippen LogP contribution in [0.2, 0.25) is 0 Å². The maximum atomic E-state index is 13.8. The van der Waals surface area contributed by atoms with E-state index in [0.29, 0.717) is 6.92 Å². The number of rotatable bonds is 8. The van der Waals surface area contributed by atoms with E-state index in [1.807, 2.05) is 0 Å². The molecule has 0 saturated carbocycles. The predicted octanol–water partition coefficient (Wildman–Crippen LogP) is 6.42. The summed E-state index contributed by atoms with van der Waals surface area (Å²) in [4.78, 5) is 10.9. The minimum absolute atomic E-state index is 0.568. The SMILES string of the molecule is CCC(=O)C(F)(F)C(F)(Cl)C(F)(F)C(F)(Cl)C(F)(F)C(F)(Cl)C(F)(F)Cl. The van der Waals surface area contributed by atoms with Gasteiger partial charge in [0.1, 0.15) is 0 Å². The van der Waals surface area contributed by atoms with Crippen molar-refractivity contribution in [1.82, 2.24) is 0 Å². The van der Waals surface area contributed by atoms with Crippen LogP contribution in [0.5, 0.6) is 0 Å². The van der Waals surface area contributed by atoms with Gasteiger partial charge in [0.05, 0.1) is 0 Å². The fraction of sp³-hybridized carbons (Fsp3) is 0.900. The molecule has 1 nitrogen and oxygen atoms in total. The molecule has 0 aromatic heterocycles. The lowest BCUT2D eigenvalue weighted by Crippen LogP contribution is -2.72. The highest BCUT2D eigenvalue weighted by molar-refractivity contribution is 6.34. The van der Waals surface area contributed by atoms with E-state index in [1.54, 1.807) is 0 Å². The van der Waals surface area contributed by atoms with Crippen LogP contribution in [0.25, 0.3) is 0 Å². The summed E-state index contributed by atoms with van der Waals surface area (Å²) in [6.45, 7) is 0.568. The molecule has 0 aliphatic rings. The standard InChI is InChI=1S/C10H5Cl4F11O/c1-2-3(26)4(15,16)5(11,17)8(20,21)6(12,18)9(22,23)7(13,19)10(14,24)25/h2H2,1H3. The van der Waals surface area contributed by atoms with Crippen molar-refractivity contribution in [3.05, 3.63) is 0 Å². The van der Waals surface area contributed by atoms with Crippen molar-refractivity contribution >= 4 is 52.2 Å². The molecule has 0 aromatic carbocycles. The molecule has 0 aliphatic carbocycles. The van der Waals surface area contributed by atoms with Gasteiger partial charge in [0.2, 0.25) is 5.78 Å². The topological polar surface area (TPSA) is 17.1 Å². The predicted molar refractivity (Wildman–Crippen MR) is 70.0 cm³/mol. The molecule has 0 rings (SSSR count). The first-order chi connectivity index (χ1) is 11.0. The van der Waals surface area contributed by atoms with Gasteiger partial charge in [-0.05, 0) is 11.6 Å². The highest BCUT2D eigenvalue weighted by Gasteiger charge is 2.90. The molecule has 0 amide bonds. The van der Waals surface area contributed by atoms with Crippen molar-refractivity contribution in [3.63, 3.8) is 0 Å². The minimum Gasteiger partial charge on any atom is -0.293 e. The van der Waals surface area contributed by atoms with E-state index >= 15 is 0 Å². The highest BCUT2D eigenvalue weighted by Crippen LogP contribution is 2.64. The summed E-state index contributed by atoms with van der Waals surface area (Å²) < 4.78 is 148. The monoisotopic (exact) mass is 490 g/mol. The summed E-state index contributed by atoms with van der Waals surface area (Å²) in [6, 6.07) is 0. The summed E-state index contributed by atoms with van der Waals surface area (Å²) in [7, 11) is 0. The Hall–Kier alpha value is 0.0600. The molecule has 0 fully saturated rings. The third-order valence-corrected chi connectivity index (χ3v) is 4.78. The summed E-state index contributed by atoms with van der Waals surface area (Å²) in [5.74, 6) is -22.9. The number of carbonyl (C=O) groups excluding carboxylic acids is 1. The molecular formula is C10H5Cl4F11O. The van der Waals surface area contributed by atoms with E-state index in [-0.39, 0.29) is 0 Å². The van der Waals surface area contributed by atoms with Crippen molar-refractivity contribution in [1.29, 1.82) is 0 Å². The Bertz CT molecular complexity index is 556. The second-order valence-corrected chi connectivity index (χ2v) is 6.76. The molecule has 0 heterocycles. The highest BCUT2D eigenvalue weighted by atomic mass is 35.5. The van der Waals surface area contributed by atoms with Gasteiger partial charge in [0, 0.05) is 6.42 Å². The van der Waals surface area contributed by atoms with Crippen LogP contribution in [0.3, 0.4) is 0 Å². The Labute approximate surface area is 157 Å². The number of carbonyl (C=O) groups is 1. The average molecular weight is 492 g/mol. The Morgan fingerprint density at radius 3 is 1.23 bits per heavy atom. The first-order valence-corrected chi connectivity index (χ1v) is 7.36. The minimum atomic E-state index is -7.07. The van der Waals surface area contributed by atoms with E-state index in [1.165, 1.54) is 0 Å². The normalized spacial score (nSPS) is 21.5. The molecule has 0 N–H and O–H groups in total. The van der Waals surface area contributed by atoms with Crippen LogP contribution in [0.4, 0.5) is 48.3 Å². The second kappa shape index (κ2) is 6.84. The molecule has 0 aliphatic heterocycles. The van der Waals surface area contributed by atoms with E-state index in [2.05, 4.69) is 46.4 Å². The van der Waals surface area contributed by atoms with Crippen molar-refractivity contribution in [2.75, 3.05) is 0 Å². The quantitative estimate of drug-likeness (QED) is 0.283. The summed E-state index contributed by atoms with van der Waals surface area (Å²) in [6.07, 6.45) is -1.40. The van der Waals surface area contributed by atoms with Crippen LogP contribution in [-0.4, -0.2) is 44.3 Å². The van der Waals surface area contributed by atoms with Gasteiger partial charge in [-0.1, -0.05) is 41.7 Å². The van der Waals surface area contributed by atoms with E-state index in [9.17, 15) is 53.1 Å². The van der Waals surface area contributed by atoms with E-state index < -0.39 is 50.7 Å². The number of alkyl halides is 15. The maximum Gasteiger partial charge on any atom is 0.375 e. The fourth-order valence-corrected chi connectivity index (χ4v) is 2.21. The van der Waals surface area contributed by atoms with Crippen molar-refractivity contribution < 1.29 is 53.1 Å². The zero-order valence-electron chi connectivity index (χ0n) is 11.8. The van der Waals surface area contributed by atoms with Crippen molar-refractivity contribution in [2.24, 2.45) is 0 Å². The smallest absolute Gasteiger partial charge is 0.293 e. The molecule has 0 spiro atoms. The Morgan fingerprint density at radius 2 is 0.962 bits per heavy atom. The van der Waals surface area contributed by atoms with Crippen molar-refractivity contribution in [3.8, 4) is 0 Å². The van der Waals surface area contributed by atoms with Gasteiger partial charge < -0.3 is 0 Å². The van der Waals surface area contributed by atoms with Crippen LogP contribution in [0, 0.1) is 0 Å². The summed E-state index contributed by atoms with van der Waals surface area (Å²) in [5.41, 5.74) is 0. The Balaban J connectivity index is 6.56. The molecule has 156 valence electrons.